The molecule has 0 bridgehead atoms. The molecule has 7 nitrogen and oxygen atoms in total. The molecular weight excluding hydrogens is 238 g/mol. The fourth-order valence-electron chi connectivity index (χ4n) is 1.13. The normalized spacial score (nSPS) is 10.1. The lowest BCUT2D eigenvalue weighted by atomic mass is 10.2. The molecule has 1 aromatic rings. The molecule has 3 N–H and O–H groups in total. The molecule has 0 aliphatic rings. The molecule has 0 aliphatic heterocycles. The van der Waals surface area contributed by atoms with Crippen LogP contribution >= 0.6 is 0 Å². The van der Waals surface area contributed by atoms with Crippen LogP contribution in [0.4, 0.5) is 0 Å². The van der Waals surface area contributed by atoms with Gasteiger partial charge < -0.3 is 15.2 Å². The lowest BCUT2D eigenvalue weighted by molar-refractivity contribution is -0.138. The van der Waals surface area contributed by atoms with Crippen LogP contribution in [-0.4, -0.2) is 37.3 Å². The first kappa shape index (κ1) is 13.5. The zero-order valence-corrected chi connectivity index (χ0v) is 9.93. The van der Waals surface area contributed by atoms with Crippen molar-refractivity contribution in [1.29, 1.82) is 0 Å². The minimum Gasteiger partial charge on any atom is -0.504 e. The molecule has 1 aromatic carbocycles. The van der Waals surface area contributed by atoms with Gasteiger partial charge in [-0.25, -0.2) is 5.43 Å². The first-order valence-corrected chi connectivity index (χ1v) is 5.01. The molecule has 0 aliphatic carbocycles. The van der Waals surface area contributed by atoms with E-state index < -0.39 is 11.8 Å². The monoisotopic (exact) mass is 251 g/mol. The third kappa shape index (κ3) is 3.21. The van der Waals surface area contributed by atoms with E-state index in [1.807, 2.05) is 5.43 Å². The predicted molar refractivity (Wildman–Crippen MR) is 64.5 cm³/mol. The van der Waals surface area contributed by atoms with E-state index in [-0.39, 0.29) is 11.5 Å². The molecular formula is C11H13N3O4. The van der Waals surface area contributed by atoms with Crippen LogP contribution in [0.1, 0.15) is 5.56 Å². The molecule has 0 fully saturated rings. The van der Waals surface area contributed by atoms with E-state index in [4.69, 9.17) is 4.74 Å². The summed E-state index contributed by atoms with van der Waals surface area (Å²) in [7, 11) is 2.75. The molecule has 0 heterocycles. The average Bonchev–Trinajstić information content (AvgIpc) is 2.39. The number of nitrogens with one attached hydrogen (secondary N) is 2. The maximum absolute atomic E-state index is 11.0. The van der Waals surface area contributed by atoms with Gasteiger partial charge >= 0.3 is 11.8 Å². The lowest BCUT2D eigenvalue weighted by Crippen LogP contribution is -2.35. The highest BCUT2D eigenvalue weighted by molar-refractivity contribution is 6.34. The van der Waals surface area contributed by atoms with E-state index in [0.29, 0.717) is 5.56 Å². The molecule has 2 amide bonds. The number of phenols is 1. The standard InChI is InChI=1S/C11H13N3O4/c1-12-10(16)11(17)14-13-6-7-4-3-5-8(18-2)9(7)15/h3-6,15H,1-2H3,(H,12,16)(H,14,17)/b13-6-. The van der Waals surface area contributed by atoms with E-state index >= 15 is 0 Å². The highest BCUT2D eigenvalue weighted by atomic mass is 16.5. The Balaban J connectivity index is 2.74. The number of likely N-dealkylation sites (N-methyl/N-ethyl adjacent to an activating group) is 1. The maximum atomic E-state index is 11.0. The molecule has 7 heteroatoms. The molecule has 0 saturated carbocycles. The van der Waals surface area contributed by atoms with Crippen molar-refractivity contribution in [2.75, 3.05) is 14.2 Å². The van der Waals surface area contributed by atoms with Gasteiger partial charge in [-0.1, -0.05) is 6.07 Å². The highest BCUT2D eigenvalue weighted by Gasteiger charge is 2.09. The van der Waals surface area contributed by atoms with Crippen LogP contribution in [0.15, 0.2) is 23.3 Å². The first-order chi connectivity index (χ1) is 8.60. The molecule has 0 spiro atoms. The Bertz CT molecular complexity index is 485. The molecule has 0 aromatic heterocycles. The first-order valence-electron chi connectivity index (χ1n) is 5.01. The second kappa shape index (κ2) is 6.24. The van der Waals surface area contributed by atoms with Gasteiger partial charge in [0, 0.05) is 12.6 Å². The molecule has 1 rings (SSSR count). The number of benzene rings is 1. The topological polar surface area (TPSA) is 100 Å². The minimum absolute atomic E-state index is 0.0991. The van der Waals surface area contributed by atoms with Gasteiger partial charge in [0.25, 0.3) is 0 Å². The summed E-state index contributed by atoms with van der Waals surface area (Å²) in [5, 5.41) is 15.4. The molecule has 96 valence electrons. The number of nitrogens with zero attached hydrogens (tertiary/aromatic N) is 1. The van der Waals surface area contributed by atoms with Gasteiger partial charge in [0.05, 0.1) is 13.3 Å². The van der Waals surface area contributed by atoms with Gasteiger partial charge in [-0.3, -0.25) is 9.59 Å². The van der Waals surface area contributed by atoms with Crippen molar-refractivity contribution in [3.8, 4) is 11.5 Å². The van der Waals surface area contributed by atoms with Crippen molar-refractivity contribution >= 4 is 18.0 Å². The Hall–Kier alpha value is -2.57. The number of carbonyl (C=O) groups is 2. The van der Waals surface area contributed by atoms with Crippen molar-refractivity contribution in [3.63, 3.8) is 0 Å². The lowest BCUT2D eigenvalue weighted by Gasteiger charge is -2.04. The number of hydrogen-bond acceptors (Lipinski definition) is 5. The van der Waals surface area contributed by atoms with Gasteiger partial charge in [-0.05, 0) is 12.1 Å². The number of hydrazone groups is 1. The number of ether oxygens (including phenoxy) is 1. The summed E-state index contributed by atoms with van der Waals surface area (Å²) in [4.78, 5) is 21.9. The largest absolute Gasteiger partial charge is 0.504 e. The van der Waals surface area contributed by atoms with Gasteiger partial charge in [0.1, 0.15) is 0 Å². The predicted octanol–water partition coefficient (Wildman–Crippen LogP) is -0.403. The summed E-state index contributed by atoms with van der Waals surface area (Å²) >= 11 is 0. The fraction of sp³-hybridized carbons (Fsp3) is 0.182. The summed E-state index contributed by atoms with van der Waals surface area (Å²) in [6.45, 7) is 0. The second-order valence-corrected chi connectivity index (χ2v) is 3.18. The number of aromatic hydroxyl groups is 1. The second-order valence-electron chi connectivity index (χ2n) is 3.18. The smallest absolute Gasteiger partial charge is 0.329 e. The van der Waals surface area contributed by atoms with E-state index in [1.54, 1.807) is 18.2 Å². The number of carbonyl (C=O) groups excluding carboxylic acids is 2. The fourth-order valence-corrected chi connectivity index (χ4v) is 1.13. The summed E-state index contributed by atoms with van der Waals surface area (Å²) in [5.41, 5.74) is 2.37. The molecule has 0 saturated heterocycles. The van der Waals surface area contributed by atoms with Gasteiger partial charge in [-0.15, -0.1) is 0 Å². The van der Waals surface area contributed by atoms with E-state index in [0.717, 1.165) is 0 Å². The molecule has 0 atom stereocenters. The van der Waals surface area contributed by atoms with Crippen molar-refractivity contribution in [1.82, 2.24) is 10.7 Å². The Morgan fingerprint density at radius 1 is 1.39 bits per heavy atom. The van der Waals surface area contributed by atoms with Crippen molar-refractivity contribution in [2.45, 2.75) is 0 Å². The summed E-state index contributed by atoms with van der Waals surface area (Å²) < 4.78 is 4.91. The average molecular weight is 251 g/mol. The minimum atomic E-state index is -0.892. The number of amides is 2. The van der Waals surface area contributed by atoms with Crippen LogP contribution in [0.3, 0.4) is 0 Å². The van der Waals surface area contributed by atoms with Crippen LogP contribution < -0.4 is 15.5 Å². The van der Waals surface area contributed by atoms with Gasteiger partial charge in [0.2, 0.25) is 0 Å². The number of para-hydroxylation sites is 1. The van der Waals surface area contributed by atoms with Crippen molar-refractivity contribution < 1.29 is 19.4 Å². The molecule has 0 unspecified atom stereocenters. The van der Waals surface area contributed by atoms with Crippen molar-refractivity contribution in [3.05, 3.63) is 23.8 Å². The number of rotatable bonds is 3. The Labute approximate surface area is 103 Å². The van der Waals surface area contributed by atoms with E-state index in [1.165, 1.54) is 20.4 Å². The van der Waals surface area contributed by atoms with Gasteiger partial charge in [0.15, 0.2) is 11.5 Å². The summed E-state index contributed by atoms with van der Waals surface area (Å²) in [5.74, 6) is -1.51. The summed E-state index contributed by atoms with van der Waals surface area (Å²) in [6, 6.07) is 4.81. The SMILES string of the molecule is CNC(=O)C(=O)N/N=C\c1cccc(OC)c1O. The maximum Gasteiger partial charge on any atom is 0.329 e. The Kier molecular flexibility index (Phi) is 4.67. The number of phenolic OH excluding ortho intramolecular Hbond substituents is 1. The Morgan fingerprint density at radius 2 is 2.11 bits per heavy atom. The van der Waals surface area contributed by atoms with E-state index in [2.05, 4.69) is 10.4 Å². The van der Waals surface area contributed by atoms with Crippen LogP contribution in [0.25, 0.3) is 0 Å². The Morgan fingerprint density at radius 3 is 2.72 bits per heavy atom. The highest BCUT2D eigenvalue weighted by Crippen LogP contribution is 2.27. The third-order valence-electron chi connectivity index (χ3n) is 2.05. The zero-order valence-electron chi connectivity index (χ0n) is 9.93. The number of methoxy groups -OCH3 is 1. The van der Waals surface area contributed by atoms with E-state index in [9.17, 15) is 14.7 Å². The molecule has 0 radical (unpaired) electrons. The van der Waals surface area contributed by atoms with Crippen LogP contribution in [0.2, 0.25) is 0 Å². The zero-order chi connectivity index (χ0) is 13.5. The number of hydrogen-bond donors (Lipinski definition) is 3. The van der Waals surface area contributed by atoms with Crippen molar-refractivity contribution in [2.24, 2.45) is 5.10 Å². The molecule has 18 heavy (non-hydrogen) atoms. The quantitative estimate of drug-likeness (QED) is 0.386. The third-order valence-corrected chi connectivity index (χ3v) is 2.05. The summed E-state index contributed by atoms with van der Waals surface area (Å²) in [6.07, 6.45) is 1.21. The van der Waals surface area contributed by atoms with Gasteiger partial charge in [-0.2, -0.15) is 5.10 Å². The van der Waals surface area contributed by atoms with Crippen LogP contribution in [0.5, 0.6) is 11.5 Å². The van der Waals surface area contributed by atoms with Crippen LogP contribution in [0, 0.1) is 0 Å². The van der Waals surface area contributed by atoms with Crippen LogP contribution in [-0.2, 0) is 9.59 Å².